The highest BCUT2D eigenvalue weighted by Gasteiger charge is 2.26. The smallest absolute Gasteiger partial charge is 0.213 e. The zero-order valence-corrected chi connectivity index (χ0v) is 16.3. The Kier molecular flexibility index (Phi) is 7.25. The van der Waals surface area contributed by atoms with Crippen LogP contribution in [0.5, 0.6) is 0 Å². The third kappa shape index (κ3) is 6.01. The molecule has 0 spiro atoms. The van der Waals surface area contributed by atoms with Crippen molar-refractivity contribution >= 4 is 16.0 Å². The van der Waals surface area contributed by atoms with Gasteiger partial charge in [-0.3, -0.25) is 4.99 Å². The van der Waals surface area contributed by atoms with Gasteiger partial charge in [0.05, 0.1) is 5.75 Å². The first-order valence-electron chi connectivity index (χ1n) is 8.95. The van der Waals surface area contributed by atoms with Crippen LogP contribution in [-0.4, -0.2) is 57.2 Å². The Morgan fingerprint density at radius 1 is 1.24 bits per heavy atom. The van der Waals surface area contributed by atoms with E-state index in [1.54, 1.807) is 18.3 Å². The summed E-state index contributed by atoms with van der Waals surface area (Å²) in [6, 6.07) is 8.81. The van der Waals surface area contributed by atoms with Gasteiger partial charge in [0.15, 0.2) is 5.96 Å². The molecule has 2 rings (SSSR count). The first-order valence-corrected chi connectivity index (χ1v) is 10.6. The highest BCUT2D eigenvalue weighted by Crippen LogP contribution is 2.14. The molecule has 1 saturated heterocycles. The number of rotatable bonds is 6. The number of aryl methyl sites for hydroxylation is 1. The Morgan fingerprint density at radius 3 is 2.44 bits per heavy atom. The summed E-state index contributed by atoms with van der Waals surface area (Å²) in [6.07, 6.45) is 2.55. The second kappa shape index (κ2) is 9.20. The summed E-state index contributed by atoms with van der Waals surface area (Å²) in [5.41, 5.74) is 2.57. The molecule has 0 atom stereocenters. The van der Waals surface area contributed by atoms with Gasteiger partial charge in [0.2, 0.25) is 10.0 Å². The third-order valence-corrected chi connectivity index (χ3v) is 6.48. The van der Waals surface area contributed by atoms with Crippen molar-refractivity contribution in [1.29, 1.82) is 0 Å². The number of hydrogen-bond acceptors (Lipinski definition) is 3. The fourth-order valence-corrected chi connectivity index (χ4v) is 4.06. The van der Waals surface area contributed by atoms with Crippen LogP contribution >= 0.6 is 0 Å². The van der Waals surface area contributed by atoms with Crippen molar-refractivity contribution in [3.8, 4) is 0 Å². The summed E-state index contributed by atoms with van der Waals surface area (Å²) >= 11 is 0. The molecule has 1 aromatic rings. The van der Waals surface area contributed by atoms with Crippen molar-refractivity contribution in [2.24, 2.45) is 4.99 Å². The van der Waals surface area contributed by atoms with Gasteiger partial charge in [-0.1, -0.05) is 29.8 Å². The molecule has 1 fully saturated rings. The normalized spacial score (nSPS) is 17.5. The van der Waals surface area contributed by atoms with Gasteiger partial charge < -0.3 is 10.6 Å². The van der Waals surface area contributed by atoms with Crippen molar-refractivity contribution in [3.05, 3.63) is 35.4 Å². The molecule has 0 aromatic heterocycles. The van der Waals surface area contributed by atoms with E-state index in [1.165, 1.54) is 11.1 Å². The van der Waals surface area contributed by atoms with Crippen LogP contribution in [0.1, 0.15) is 30.9 Å². The average Bonchev–Trinajstić information content (AvgIpc) is 2.63. The maximum absolute atomic E-state index is 11.9. The molecule has 6 nitrogen and oxygen atoms in total. The topological polar surface area (TPSA) is 73.8 Å². The molecule has 1 aliphatic rings. The van der Waals surface area contributed by atoms with Gasteiger partial charge >= 0.3 is 0 Å². The van der Waals surface area contributed by atoms with Gasteiger partial charge in [-0.25, -0.2) is 12.7 Å². The minimum absolute atomic E-state index is 0.174. The molecule has 1 aromatic carbocycles. The molecule has 140 valence electrons. The van der Waals surface area contributed by atoms with E-state index in [4.69, 9.17) is 0 Å². The monoisotopic (exact) mass is 366 g/mol. The number of hydrogen-bond donors (Lipinski definition) is 2. The largest absolute Gasteiger partial charge is 0.356 e. The van der Waals surface area contributed by atoms with Gasteiger partial charge in [-0.15, -0.1) is 0 Å². The van der Waals surface area contributed by atoms with Crippen molar-refractivity contribution in [3.63, 3.8) is 0 Å². The summed E-state index contributed by atoms with van der Waals surface area (Å²) in [4.78, 5) is 4.27. The maximum atomic E-state index is 11.9. The van der Waals surface area contributed by atoms with Crippen LogP contribution < -0.4 is 10.6 Å². The first-order chi connectivity index (χ1) is 11.9. The molecule has 0 radical (unpaired) electrons. The predicted molar refractivity (Wildman–Crippen MR) is 103 cm³/mol. The number of sulfonamides is 1. The first kappa shape index (κ1) is 19.7. The summed E-state index contributed by atoms with van der Waals surface area (Å²) in [5, 5.41) is 6.75. The van der Waals surface area contributed by atoms with Gasteiger partial charge in [-0.05, 0) is 38.7 Å². The van der Waals surface area contributed by atoms with Crippen LogP contribution in [0.4, 0.5) is 0 Å². The van der Waals surface area contributed by atoms with E-state index in [1.807, 2.05) is 0 Å². The highest BCUT2D eigenvalue weighted by atomic mass is 32.2. The Labute approximate surface area is 151 Å². The van der Waals surface area contributed by atoms with Gasteiger partial charge in [0, 0.05) is 32.7 Å². The quantitative estimate of drug-likeness (QED) is 0.591. The minimum atomic E-state index is -3.07. The van der Waals surface area contributed by atoms with Crippen LogP contribution in [0.2, 0.25) is 0 Å². The molecule has 2 N–H and O–H groups in total. The Bertz CT molecular complexity index is 663. The number of piperidine rings is 1. The summed E-state index contributed by atoms with van der Waals surface area (Å²) < 4.78 is 25.4. The second-order valence-corrected chi connectivity index (χ2v) is 8.71. The number of nitrogens with one attached hydrogen (secondary N) is 2. The van der Waals surface area contributed by atoms with Gasteiger partial charge in [0.1, 0.15) is 0 Å². The Morgan fingerprint density at radius 2 is 1.88 bits per heavy atom. The van der Waals surface area contributed by atoms with Crippen molar-refractivity contribution in [2.45, 2.75) is 39.2 Å². The lowest BCUT2D eigenvalue weighted by atomic mass is 10.1. The SMILES string of the molecule is CCS(=O)(=O)N1CCC(NC(=NC)NCCc2ccc(C)cc2)CC1. The zero-order valence-electron chi connectivity index (χ0n) is 15.5. The molecule has 1 heterocycles. The predicted octanol–water partition coefficient (Wildman–Crippen LogP) is 1.52. The van der Waals surface area contributed by atoms with Crippen molar-refractivity contribution in [2.75, 3.05) is 32.4 Å². The molecule has 0 aliphatic carbocycles. The van der Waals surface area contributed by atoms with E-state index < -0.39 is 10.0 Å². The van der Waals surface area contributed by atoms with E-state index in [-0.39, 0.29) is 11.8 Å². The number of guanidine groups is 1. The molecule has 0 unspecified atom stereocenters. The number of nitrogens with zero attached hydrogens (tertiary/aromatic N) is 2. The second-order valence-electron chi connectivity index (χ2n) is 6.45. The van der Waals surface area contributed by atoms with Gasteiger partial charge in [-0.2, -0.15) is 0 Å². The highest BCUT2D eigenvalue weighted by molar-refractivity contribution is 7.89. The fourth-order valence-electron chi connectivity index (χ4n) is 2.93. The molecule has 0 saturated carbocycles. The third-order valence-electron chi connectivity index (χ3n) is 4.60. The number of aliphatic imine (C=N–C) groups is 1. The molecule has 1 aliphatic heterocycles. The van der Waals surface area contributed by atoms with Crippen LogP contribution in [-0.2, 0) is 16.4 Å². The van der Waals surface area contributed by atoms with Crippen LogP contribution in [0.25, 0.3) is 0 Å². The average molecular weight is 367 g/mol. The zero-order chi connectivity index (χ0) is 18.3. The molecule has 7 heteroatoms. The van der Waals surface area contributed by atoms with Crippen LogP contribution in [0, 0.1) is 6.92 Å². The molecule has 25 heavy (non-hydrogen) atoms. The van der Waals surface area contributed by atoms with E-state index >= 15 is 0 Å². The lowest BCUT2D eigenvalue weighted by Crippen LogP contribution is -2.50. The van der Waals surface area contributed by atoms with Gasteiger partial charge in [0.25, 0.3) is 0 Å². The molecule has 0 bridgehead atoms. The van der Waals surface area contributed by atoms with E-state index in [9.17, 15) is 8.42 Å². The fraction of sp³-hybridized carbons (Fsp3) is 0.611. The van der Waals surface area contributed by atoms with E-state index in [0.29, 0.717) is 13.1 Å². The molecular weight excluding hydrogens is 336 g/mol. The van der Waals surface area contributed by atoms with Crippen molar-refractivity contribution < 1.29 is 8.42 Å². The van der Waals surface area contributed by atoms with Crippen molar-refractivity contribution in [1.82, 2.24) is 14.9 Å². The van der Waals surface area contributed by atoms with Crippen LogP contribution in [0.15, 0.2) is 29.3 Å². The molecular formula is C18H30N4O2S. The maximum Gasteiger partial charge on any atom is 0.213 e. The van der Waals surface area contributed by atoms with E-state index in [2.05, 4.69) is 46.8 Å². The summed E-state index contributed by atoms with van der Waals surface area (Å²) in [7, 11) is -1.31. The standard InChI is InChI=1S/C18H30N4O2S/c1-4-25(23,24)22-13-10-17(11-14-22)21-18(19-3)20-12-9-16-7-5-15(2)6-8-16/h5-8,17H,4,9-14H2,1-3H3,(H2,19,20,21). The minimum Gasteiger partial charge on any atom is -0.356 e. The lowest BCUT2D eigenvalue weighted by molar-refractivity contribution is 0.306. The summed E-state index contributed by atoms with van der Waals surface area (Å²) in [5.74, 6) is 0.955. The summed E-state index contributed by atoms with van der Waals surface area (Å²) in [6.45, 7) is 5.75. The van der Waals surface area contributed by atoms with Crippen LogP contribution in [0.3, 0.4) is 0 Å². The number of benzene rings is 1. The Hall–Kier alpha value is -1.60. The Balaban J connectivity index is 1.74. The lowest BCUT2D eigenvalue weighted by Gasteiger charge is -2.32. The molecule has 0 amide bonds. The van der Waals surface area contributed by atoms with E-state index in [0.717, 1.165) is 31.8 Å².